The summed E-state index contributed by atoms with van der Waals surface area (Å²) in [6, 6.07) is 12.7. The van der Waals surface area contributed by atoms with E-state index in [4.69, 9.17) is 0 Å². The predicted molar refractivity (Wildman–Crippen MR) is 94.0 cm³/mol. The number of benzene rings is 2. The molecule has 1 aliphatic rings. The minimum atomic E-state index is -4.41. The van der Waals surface area contributed by atoms with Crippen LogP contribution in [0.3, 0.4) is 0 Å². The molecule has 26 heavy (non-hydrogen) atoms. The molecule has 0 unspecified atom stereocenters. The fourth-order valence-electron chi connectivity index (χ4n) is 2.77. The number of hydrogen-bond acceptors (Lipinski definition) is 3. The first-order chi connectivity index (χ1) is 12.4. The van der Waals surface area contributed by atoms with E-state index < -0.39 is 11.7 Å². The van der Waals surface area contributed by atoms with Crippen LogP contribution in [0.2, 0.25) is 0 Å². The lowest BCUT2D eigenvalue weighted by atomic mass is 9.95. The number of nitrogens with one attached hydrogen (secondary N) is 3. The second kappa shape index (κ2) is 7.51. The number of hydrogen-bond donors (Lipinski definition) is 3. The van der Waals surface area contributed by atoms with E-state index in [1.54, 1.807) is 0 Å². The van der Waals surface area contributed by atoms with Crippen LogP contribution in [-0.2, 0) is 17.4 Å². The van der Waals surface area contributed by atoms with Gasteiger partial charge in [-0.25, -0.2) is 0 Å². The summed E-state index contributed by atoms with van der Waals surface area (Å²) < 4.78 is 38.1. The average molecular weight is 361 g/mol. The van der Waals surface area contributed by atoms with E-state index in [0.717, 1.165) is 36.2 Å². The number of alkyl halides is 3. The van der Waals surface area contributed by atoms with Gasteiger partial charge in [0.05, 0.1) is 17.8 Å². The van der Waals surface area contributed by atoms with E-state index in [1.165, 1.54) is 17.7 Å². The molecular weight excluding hydrogens is 343 g/mol. The minimum absolute atomic E-state index is 0.150. The van der Waals surface area contributed by atoms with Crippen LogP contribution in [0.4, 0.5) is 18.9 Å². The van der Waals surface area contributed by atoms with Crippen molar-refractivity contribution in [3.63, 3.8) is 0 Å². The summed E-state index contributed by atoms with van der Waals surface area (Å²) in [7, 11) is 0. The van der Waals surface area contributed by atoms with Crippen molar-refractivity contribution in [1.82, 2.24) is 10.9 Å². The largest absolute Gasteiger partial charge is 0.416 e. The summed E-state index contributed by atoms with van der Waals surface area (Å²) in [5.41, 5.74) is 7.99. The van der Waals surface area contributed by atoms with Gasteiger partial charge >= 0.3 is 6.18 Å². The number of allylic oxidation sites excluding steroid dienone is 1. The lowest BCUT2D eigenvalue weighted by Gasteiger charge is -2.19. The second-order valence-corrected chi connectivity index (χ2v) is 5.92. The summed E-state index contributed by atoms with van der Waals surface area (Å²) in [6.07, 6.45) is -0.588. The Bertz CT molecular complexity index is 831. The van der Waals surface area contributed by atoms with E-state index >= 15 is 0 Å². The third-order valence-electron chi connectivity index (χ3n) is 4.05. The first kappa shape index (κ1) is 17.8. The highest BCUT2D eigenvalue weighted by molar-refractivity contribution is 5.82. The highest BCUT2D eigenvalue weighted by atomic mass is 19.4. The topological polar surface area (TPSA) is 53.2 Å². The number of amides is 1. The number of halogens is 3. The van der Waals surface area contributed by atoms with E-state index in [2.05, 4.69) is 16.2 Å². The Morgan fingerprint density at radius 1 is 1.08 bits per heavy atom. The molecule has 3 rings (SSSR count). The molecule has 0 radical (unpaired) electrons. The number of rotatable bonds is 5. The summed E-state index contributed by atoms with van der Waals surface area (Å²) in [6.45, 7) is -0.150. The maximum Gasteiger partial charge on any atom is 0.416 e. The molecule has 0 saturated carbocycles. The zero-order chi connectivity index (χ0) is 18.6. The van der Waals surface area contributed by atoms with Crippen LogP contribution in [-0.4, -0.2) is 12.5 Å². The zero-order valence-corrected chi connectivity index (χ0v) is 13.9. The molecule has 0 atom stereocenters. The molecule has 0 fully saturated rings. The van der Waals surface area contributed by atoms with E-state index in [0.29, 0.717) is 0 Å². The monoisotopic (exact) mass is 361 g/mol. The molecule has 0 bridgehead atoms. The van der Waals surface area contributed by atoms with Gasteiger partial charge in [0.15, 0.2) is 0 Å². The Kier molecular flexibility index (Phi) is 5.16. The molecular formula is C19H18F3N3O. The fourth-order valence-corrected chi connectivity index (χ4v) is 2.77. The molecule has 2 aromatic carbocycles. The summed E-state index contributed by atoms with van der Waals surface area (Å²) in [5, 5.41) is 2.69. The quantitative estimate of drug-likeness (QED) is 0.712. The molecule has 0 spiro atoms. The normalized spacial score (nSPS) is 13.4. The predicted octanol–water partition coefficient (Wildman–Crippen LogP) is 3.73. The first-order valence-electron chi connectivity index (χ1n) is 8.18. The highest BCUT2D eigenvalue weighted by Gasteiger charge is 2.30. The van der Waals surface area contributed by atoms with Crippen LogP contribution in [0.15, 0.2) is 54.6 Å². The van der Waals surface area contributed by atoms with Gasteiger partial charge in [0, 0.05) is 11.3 Å². The van der Waals surface area contributed by atoms with Crippen LogP contribution in [0.5, 0.6) is 0 Å². The molecule has 0 saturated heterocycles. The van der Waals surface area contributed by atoms with Gasteiger partial charge in [-0.05, 0) is 36.6 Å². The van der Waals surface area contributed by atoms with Gasteiger partial charge in [-0.1, -0.05) is 36.4 Å². The van der Waals surface area contributed by atoms with E-state index in [1.807, 2.05) is 30.3 Å². The number of aryl methyl sites for hydroxylation is 1. The minimum Gasteiger partial charge on any atom is -0.376 e. The van der Waals surface area contributed by atoms with E-state index in [9.17, 15) is 18.0 Å². The van der Waals surface area contributed by atoms with Gasteiger partial charge in [-0.15, -0.1) is 0 Å². The third kappa shape index (κ3) is 4.36. The first-order valence-corrected chi connectivity index (χ1v) is 8.18. The smallest absolute Gasteiger partial charge is 0.376 e. The van der Waals surface area contributed by atoms with Crippen LogP contribution in [0.1, 0.15) is 23.1 Å². The van der Waals surface area contributed by atoms with Gasteiger partial charge in [0.25, 0.3) is 5.91 Å². The molecule has 0 aliphatic heterocycles. The van der Waals surface area contributed by atoms with Crippen LogP contribution < -0.4 is 16.2 Å². The maximum absolute atomic E-state index is 12.7. The van der Waals surface area contributed by atoms with Crippen molar-refractivity contribution < 1.29 is 18.0 Å². The van der Waals surface area contributed by atoms with Gasteiger partial charge in [0.2, 0.25) is 0 Å². The lowest BCUT2D eigenvalue weighted by Crippen LogP contribution is -2.40. The second-order valence-electron chi connectivity index (χ2n) is 5.92. The summed E-state index contributed by atoms with van der Waals surface area (Å²) in [5.74, 6) is -0.383. The molecule has 2 aromatic rings. The number of carbonyl (C=O) groups excluding carboxylic acids is 1. The standard InChI is InChI=1S/C19H18F3N3O/c20-19(21,22)14-7-4-8-15(11-14)23-12-18(26)25-24-17-10-3-6-13-5-1-2-9-16(13)17/h1-2,4-5,7-11,23-24H,3,6,12H2,(H,25,26). The molecule has 136 valence electrons. The molecule has 3 N–H and O–H groups in total. The van der Waals surface area contributed by atoms with E-state index in [-0.39, 0.29) is 18.1 Å². The van der Waals surface area contributed by atoms with Crippen LogP contribution in [0, 0.1) is 0 Å². The Morgan fingerprint density at radius 3 is 2.69 bits per heavy atom. The maximum atomic E-state index is 12.7. The highest BCUT2D eigenvalue weighted by Crippen LogP contribution is 2.30. The molecule has 1 amide bonds. The van der Waals surface area contributed by atoms with Crippen LogP contribution >= 0.6 is 0 Å². The van der Waals surface area contributed by atoms with Crippen molar-refractivity contribution in [1.29, 1.82) is 0 Å². The number of carbonyl (C=O) groups is 1. The van der Waals surface area contributed by atoms with Crippen molar-refractivity contribution in [2.75, 3.05) is 11.9 Å². The summed E-state index contributed by atoms with van der Waals surface area (Å²) in [4.78, 5) is 12.0. The van der Waals surface area contributed by atoms with Crippen LogP contribution in [0.25, 0.3) is 5.70 Å². The molecule has 0 aromatic heterocycles. The van der Waals surface area contributed by atoms with Gasteiger partial charge in [-0.2, -0.15) is 13.2 Å². The van der Waals surface area contributed by atoms with Crippen molar-refractivity contribution in [3.8, 4) is 0 Å². The lowest BCUT2D eigenvalue weighted by molar-refractivity contribution is -0.137. The Balaban J connectivity index is 1.53. The fraction of sp³-hybridized carbons (Fsp3) is 0.211. The van der Waals surface area contributed by atoms with Gasteiger partial charge in [-0.3, -0.25) is 15.6 Å². The van der Waals surface area contributed by atoms with Gasteiger partial charge in [0.1, 0.15) is 0 Å². The van der Waals surface area contributed by atoms with Gasteiger partial charge < -0.3 is 5.32 Å². The van der Waals surface area contributed by atoms with Crippen molar-refractivity contribution >= 4 is 17.3 Å². The average Bonchev–Trinajstić information content (AvgIpc) is 2.64. The molecule has 0 heterocycles. The zero-order valence-electron chi connectivity index (χ0n) is 13.9. The Morgan fingerprint density at radius 2 is 1.88 bits per heavy atom. The van der Waals surface area contributed by atoms with Crippen molar-refractivity contribution in [3.05, 3.63) is 71.3 Å². The number of hydrazine groups is 1. The molecule has 7 heteroatoms. The number of anilines is 1. The summed E-state index contributed by atoms with van der Waals surface area (Å²) >= 11 is 0. The molecule has 1 aliphatic carbocycles. The molecule has 4 nitrogen and oxygen atoms in total. The van der Waals surface area contributed by atoms with Crippen molar-refractivity contribution in [2.45, 2.75) is 19.0 Å². The Hall–Kier alpha value is -2.96. The number of fused-ring (bicyclic) bond motifs is 1. The Labute approximate surface area is 149 Å². The third-order valence-corrected chi connectivity index (χ3v) is 4.05. The SMILES string of the molecule is O=C(CNc1cccc(C(F)(F)F)c1)NNC1=CCCc2ccccc21. The van der Waals surface area contributed by atoms with Crippen molar-refractivity contribution in [2.24, 2.45) is 0 Å².